The molecule has 4 aliphatic carbocycles. The number of carbonyl (C=O) groups excluding carboxylic acids is 3. The van der Waals surface area contributed by atoms with Crippen LogP contribution in [0.15, 0.2) is 42.6 Å². The average molecular weight is 551 g/mol. The van der Waals surface area contributed by atoms with Gasteiger partial charge >= 0.3 is 0 Å². The Labute approximate surface area is 235 Å². The lowest BCUT2D eigenvalue weighted by atomic mass is 9.44. The third-order valence-corrected chi connectivity index (χ3v) is 11.2. The molecule has 8 atom stereocenters. The molecule has 6 N–H and O–H groups in total. The first kappa shape index (κ1) is 28.7. The van der Waals surface area contributed by atoms with Crippen LogP contribution in [-0.2, 0) is 14.4 Å². The number of anilines is 1. The number of carbonyl (C=O) groups is 3. The molecule has 1 heterocycles. The van der Waals surface area contributed by atoms with Gasteiger partial charge in [0.25, 0.3) is 0 Å². The summed E-state index contributed by atoms with van der Waals surface area (Å²) in [6.45, 7) is 3.46. The van der Waals surface area contributed by atoms with E-state index in [1.54, 1.807) is 18.4 Å². The maximum absolute atomic E-state index is 13.4. The molecule has 8 nitrogen and oxygen atoms in total. The molecule has 0 unspecified atom stereocenters. The SMILES string of the molecule is C[C@]12CC[C@@H](O)C[C@H]1CC[C@@H]1[C@@H]2C(=O)C[C@@]2(C)[C@H]1CC[C@]2(O)C(=O)CO.NC(=O)C1=CC=CNc2ccccc21. The second kappa shape index (κ2) is 10.5. The number of primary amides is 1. The summed E-state index contributed by atoms with van der Waals surface area (Å²) in [6, 6.07) is 7.56. The molecule has 1 aliphatic heterocycles. The second-order valence-electron chi connectivity index (χ2n) is 13.0. The van der Waals surface area contributed by atoms with Crippen LogP contribution in [0.1, 0.15) is 70.8 Å². The molecular weight excluding hydrogens is 508 g/mol. The molecular formula is C32H42N2O6. The van der Waals surface area contributed by atoms with Crippen molar-refractivity contribution in [1.82, 2.24) is 0 Å². The minimum absolute atomic E-state index is 0.0154. The number of fused-ring (bicyclic) bond motifs is 6. The molecule has 0 bridgehead atoms. The van der Waals surface area contributed by atoms with Gasteiger partial charge in [-0.1, -0.05) is 32.0 Å². The predicted molar refractivity (Wildman–Crippen MR) is 152 cm³/mol. The Morgan fingerprint density at radius 3 is 2.58 bits per heavy atom. The molecule has 0 radical (unpaired) electrons. The third-order valence-electron chi connectivity index (χ3n) is 11.2. The van der Waals surface area contributed by atoms with Gasteiger partial charge < -0.3 is 26.4 Å². The van der Waals surface area contributed by atoms with Crippen molar-refractivity contribution in [3.05, 3.63) is 48.2 Å². The normalized spacial score (nSPS) is 39.6. The average Bonchev–Trinajstić information content (AvgIpc) is 3.06. The van der Waals surface area contributed by atoms with E-state index in [1.807, 2.05) is 31.2 Å². The van der Waals surface area contributed by atoms with Gasteiger partial charge in [0, 0.05) is 40.8 Å². The zero-order valence-corrected chi connectivity index (χ0v) is 23.4. The summed E-state index contributed by atoms with van der Waals surface area (Å²) in [5.41, 5.74) is 5.14. The van der Waals surface area contributed by atoms with Crippen LogP contribution in [0, 0.1) is 34.5 Å². The monoisotopic (exact) mass is 550 g/mol. The number of rotatable bonds is 3. The Morgan fingerprint density at radius 1 is 1.10 bits per heavy atom. The van der Waals surface area contributed by atoms with Crippen LogP contribution in [-0.4, -0.2) is 51.1 Å². The molecule has 4 saturated carbocycles. The van der Waals surface area contributed by atoms with Crippen LogP contribution < -0.4 is 11.1 Å². The lowest BCUT2D eigenvalue weighted by Crippen LogP contribution is -2.62. The van der Waals surface area contributed by atoms with Gasteiger partial charge in [0.2, 0.25) is 5.91 Å². The molecule has 216 valence electrons. The van der Waals surface area contributed by atoms with Gasteiger partial charge in [0.05, 0.1) is 6.10 Å². The predicted octanol–water partition coefficient (Wildman–Crippen LogP) is 3.36. The third kappa shape index (κ3) is 4.45. The van der Waals surface area contributed by atoms with E-state index in [0.717, 1.165) is 49.8 Å². The lowest BCUT2D eigenvalue weighted by Gasteiger charge is -2.60. The molecule has 0 spiro atoms. The zero-order valence-electron chi connectivity index (χ0n) is 23.4. The number of hydrogen-bond acceptors (Lipinski definition) is 7. The number of allylic oxidation sites excluding steroid dienone is 2. The van der Waals surface area contributed by atoms with Crippen molar-refractivity contribution >= 4 is 28.7 Å². The molecule has 0 saturated heterocycles. The van der Waals surface area contributed by atoms with Gasteiger partial charge in [0.1, 0.15) is 18.0 Å². The number of aliphatic hydroxyl groups excluding tert-OH is 2. The summed E-state index contributed by atoms with van der Waals surface area (Å²) in [7, 11) is 0. The summed E-state index contributed by atoms with van der Waals surface area (Å²) in [5.74, 6) is -0.0317. The molecule has 5 aliphatic rings. The molecule has 40 heavy (non-hydrogen) atoms. The highest BCUT2D eigenvalue weighted by atomic mass is 16.3. The standard InChI is InChI=1S/C21H32O5.C11H10N2O/c1-19-7-5-13(23)9-12(19)3-4-14-15-6-8-21(26,17(25)11-22)20(15,2)10-16(24)18(14)19;12-11(14)9-5-3-7-13-10-6-2-1-4-8(9)10/h12-15,18,22-23,26H,3-11H2,1-2H3;1-7,13H,(H2,12,14)/t12-,13-,14+,15+,18-,19+,20+,21+;/m1./s1. The summed E-state index contributed by atoms with van der Waals surface area (Å²) < 4.78 is 0. The van der Waals surface area contributed by atoms with Gasteiger partial charge in [-0.05, 0) is 86.3 Å². The first-order chi connectivity index (χ1) is 19.0. The molecule has 1 aromatic carbocycles. The minimum atomic E-state index is -1.58. The van der Waals surface area contributed by atoms with Crippen LogP contribution in [0.5, 0.6) is 0 Å². The van der Waals surface area contributed by atoms with Crippen molar-refractivity contribution in [2.24, 2.45) is 40.2 Å². The number of para-hydroxylation sites is 1. The van der Waals surface area contributed by atoms with E-state index in [2.05, 4.69) is 12.2 Å². The number of ketones is 2. The summed E-state index contributed by atoms with van der Waals surface area (Å²) in [6.07, 6.45) is 10.7. The van der Waals surface area contributed by atoms with Gasteiger partial charge in [-0.15, -0.1) is 0 Å². The van der Waals surface area contributed by atoms with Gasteiger partial charge in [-0.2, -0.15) is 0 Å². The van der Waals surface area contributed by atoms with Gasteiger partial charge in [-0.3, -0.25) is 14.4 Å². The summed E-state index contributed by atoms with van der Waals surface area (Å²) in [4.78, 5) is 36.9. The fraction of sp³-hybridized carbons (Fsp3) is 0.594. The Hall–Kier alpha value is -2.81. The van der Waals surface area contributed by atoms with Crippen LogP contribution in [0.2, 0.25) is 0 Å². The van der Waals surface area contributed by atoms with Crippen molar-refractivity contribution in [1.29, 1.82) is 0 Å². The number of hydrogen-bond donors (Lipinski definition) is 5. The summed E-state index contributed by atoms with van der Waals surface area (Å²) >= 11 is 0. The van der Waals surface area contributed by atoms with Crippen molar-refractivity contribution in [2.75, 3.05) is 11.9 Å². The number of nitrogens with one attached hydrogen (secondary N) is 1. The van der Waals surface area contributed by atoms with Crippen molar-refractivity contribution in [3.8, 4) is 0 Å². The van der Waals surface area contributed by atoms with E-state index in [0.29, 0.717) is 17.9 Å². The number of Topliss-reactive ketones (excluding diaryl/α,β-unsaturated/α-hetero) is 2. The van der Waals surface area contributed by atoms with Gasteiger partial charge in [0.15, 0.2) is 5.78 Å². The largest absolute Gasteiger partial charge is 0.393 e. The fourth-order valence-electron chi connectivity index (χ4n) is 9.07. The molecule has 8 heteroatoms. The number of amides is 1. The quantitative estimate of drug-likeness (QED) is 0.387. The molecule has 1 amide bonds. The number of benzene rings is 1. The Kier molecular flexibility index (Phi) is 7.57. The van der Waals surface area contributed by atoms with Gasteiger partial charge in [-0.25, -0.2) is 0 Å². The topological polar surface area (TPSA) is 150 Å². The van der Waals surface area contributed by atoms with Crippen LogP contribution in [0.3, 0.4) is 0 Å². The smallest absolute Gasteiger partial charge is 0.249 e. The van der Waals surface area contributed by atoms with Crippen molar-refractivity contribution in [3.63, 3.8) is 0 Å². The van der Waals surface area contributed by atoms with Crippen molar-refractivity contribution < 1.29 is 29.7 Å². The highest BCUT2D eigenvalue weighted by molar-refractivity contribution is 6.20. The summed E-state index contributed by atoms with van der Waals surface area (Å²) in [5, 5.41) is 33.7. The molecule has 0 aromatic heterocycles. The van der Waals surface area contributed by atoms with E-state index < -0.39 is 29.3 Å². The van der Waals surface area contributed by atoms with Crippen LogP contribution in [0.25, 0.3) is 5.57 Å². The van der Waals surface area contributed by atoms with E-state index in [1.165, 1.54) is 0 Å². The van der Waals surface area contributed by atoms with E-state index >= 15 is 0 Å². The highest BCUT2D eigenvalue weighted by Gasteiger charge is 2.68. The Balaban J connectivity index is 0.000000194. The molecule has 1 aromatic rings. The Morgan fingerprint density at radius 2 is 1.85 bits per heavy atom. The number of aliphatic hydroxyl groups is 3. The maximum atomic E-state index is 13.4. The molecule has 6 rings (SSSR count). The number of nitrogens with two attached hydrogens (primary N) is 1. The fourth-order valence-corrected chi connectivity index (χ4v) is 9.07. The molecule has 4 fully saturated rings. The van der Waals surface area contributed by atoms with E-state index in [9.17, 15) is 29.7 Å². The minimum Gasteiger partial charge on any atom is -0.393 e. The Bertz CT molecular complexity index is 1260. The zero-order chi connectivity index (χ0) is 28.9. The van der Waals surface area contributed by atoms with E-state index in [4.69, 9.17) is 5.73 Å². The van der Waals surface area contributed by atoms with Crippen LogP contribution in [0.4, 0.5) is 5.69 Å². The van der Waals surface area contributed by atoms with E-state index in [-0.39, 0.29) is 41.5 Å². The second-order valence-corrected chi connectivity index (χ2v) is 13.0. The first-order valence-corrected chi connectivity index (χ1v) is 14.6. The maximum Gasteiger partial charge on any atom is 0.249 e. The first-order valence-electron chi connectivity index (χ1n) is 14.6. The van der Waals surface area contributed by atoms with Crippen molar-refractivity contribution in [2.45, 2.75) is 76.9 Å². The van der Waals surface area contributed by atoms with Crippen LogP contribution >= 0.6 is 0 Å². The highest BCUT2D eigenvalue weighted by Crippen LogP contribution is 2.67. The lowest BCUT2D eigenvalue weighted by molar-refractivity contribution is -0.180.